The molecule has 5 rings (SSSR count). The molecule has 3 heterocycles. The number of hydrogen-bond donors (Lipinski definition) is 4. The highest BCUT2D eigenvalue weighted by Crippen LogP contribution is 2.27. The van der Waals surface area contributed by atoms with Gasteiger partial charge in [-0.15, -0.1) is 0 Å². The third kappa shape index (κ3) is 4.41. The molecule has 1 aliphatic rings. The van der Waals surface area contributed by atoms with Crippen LogP contribution in [0.4, 0.5) is 4.79 Å². The number of aromatic amines is 2. The Morgan fingerprint density at radius 1 is 1.21 bits per heavy atom. The van der Waals surface area contributed by atoms with E-state index in [0.29, 0.717) is 19.5 Å². The number of H-pyrrole nitrogens is 2. The quantitative estimate of drug-likeness (QED) is 0.367. The predicted octanol–water partition coefficient (Wildman–Crippen LogP) is 3.21. The number of para-hydroxylation sites is 1. The number of likely N-dealkylation sites (tertiary alicyclic amines) is 1. The van der Waals surface area contributed by atoms with E-state index < -0.39 is 0 Å². The average molecular weight is 460 g/mol. The minimum absolute atomic E-state index is 0.0492. The molecular formula is C26H29N5O3. The van der Waals surface area contributed by atoms with Gasteiger partial charge in [0.25, 0.3) is 5.56 Å². The van der Waals surface area contributed by atoms with Crippen molar-refractivity contribution in [3.05, 3.63) is 75.7 Å². The molecule has 0 radical (unpaired) electrons. The van der Waals surface area contributed by atoms with E-state index in [1.165, 1.54) is 0 Å². The molecule has 0 spiro atoms. The molecule has 8 nitrogen and oxygen atoms in total. The number of rotatable bonds is 5. The molecule has 176 valence electrons. The van der Waals surface area contributed by atoms with Gasteiger partial charge in [-0.05, 0) is 66.8 Å². The standard InChI is InChI=1S/C26H29N5O3/c1-16-10-17(11-20-14-27-30-24(16)20)12-21(15-32)28-26(34)31-8-6-18(7-9-31)22-13-19-4-2-3-5-23(19)29-25(22)33/h2-5,10-11,13-14,18,21,32H,6-9,12,15H2,1H3,(H,27,30)(H,28,34)(H,29,33)/t21-/m1/s1. The molecule has 2 aromatic carbocycles. The highest BCUT2D eigenvalue weighted by atomic mass is 16.3. The second kappa shape index (κ2) is 9.30. The molecular weight excluding hydrogens is 430 g/mol. The Balaban J connectivity index is 1.21. The molecule has 8 heteroatoms. The number of carbonyl (C=O) groups is 1. The van der Waals surface area contributed by atoms with Crippen LogP contribution in [0.2, 0.25) is 0 Å². The van der Waals surface area contributed by atoms with Crippen LogP contribution in [0.25, 0.3) is 21.8 Å². The molecule has 1 aliphatic heterocycles. The summed E-state index contributed by atoms with van der Waals surface area (Å²) in [6.07, 6.45) is 3.78. The van der Waals surface area contributed by atoms with Crippen molar-refractivity contribution < 1.29 is 9.90 Å². The number of nitrogens with zero attached hydrogens (tertiary/aromatic N) is 2. The first kappa shape index (κ1) is 22.2. The van der Waals surface area contributed by atoms with Crippen molar-refractivity contribution in [2.24, 2.45) is 0 Å². The first-order valence-corrected chi connectivity index (χ1v) is 11.7. The number of carbonyl (C=O) groups excluding carboxylic acids is 1. The molecule has 0 aliphatic carbocycles. The van der Waals surface area contributed by atoms with Gasteiger partial charge in [0.1, 0.15) is 0 Å². The number of piperidine rings is 1. The van der Waals surface area contributed by atoms with Gasteiger partial charge in [-0.3, -0.25) is 9.89 Å². The number of benzene rings is 2. The zero-order valence-corrected chi connectivity index (χ0v) is 19.2. The molecule has 1 fully saturated rings. The first-order valence-electron chi connectivity index (χ1n) is 11.7. The molecule has 0 unspecified atom stereocenters. The van der Waals surface area contributed by atoms with Crippen molar-refractivity contribution in [1.29, 1.82) is 0 Å². The van der Waals surface area contributed by atoms with Crippen molar-refractivity contribution in [3.63, 3.8) is 0 Å². The Morgan fingerprint density at radius 2 is 2.00 bits per heavy atom. The smallest absolute Gasteiger partial charge is 0.317 e. The van der Waals surface area contributed by atoms with Crippen LogP contribution in [-0.4, -0.2) is 57.0 Å². The number of pyridine rings is 1. The van der Waals surface area contributed by atoms with E-state index in [2.05, 4.69) is 26.6 Å². The van der Waals surface area contributed by atoms with Crippen molar-refractivity contribution in [2.75, 3.05) is 19.7 Å². The first-order chi connectivity index (χ1) is 16.5. The van der Waals surface area contributed by atoms with Crippen molar-refractivity contribution in [2.45, 2.75) is 38.1 Å². The second-order valence-corrected chi connectivity index (χ2v) is 9.18. The Kier molecular flexibility index (Phi) is 6.06. The lowest BCUT2D eigenvalue weighted by Gasteiger charge is -2.33. The van der Waals surface area contributed by atoms with Crippen molar-refractivity contribution >= 4 is 27.8 Å². The number of urea groups is 1. The SMILES string of the molecule is Cc1cc(C[C@H](CO)NC(=O)N2CCC(c3cc4ccccc4[nH]c3=O)CC2)cc2cn[nH]c12. The Morgan fingerprint density at radius 3 is 2.79 bits per heavy atom. The summed E-state index contributed by atoms with van der Waals surface area (Å²) >= 11 is 0. The van der Waals surface area contributed by atoms with Gasteiger partial charge >= 0.3 is 6.03 Å². The van der Waals surface area contributed by atoms with Gasteiger partial charge in [-0.25, -0.2) is 4.79 Å². The number of nitrogens with one attached hydrogen (secondary N) is 3. The zero-order chi connectivity index (χ0) is 23.7. The lowest BCUT2D eigenvalue weighted by Crippen LogP contribution is -2.49. The summed E-state index contributed by atoms with van der Waals surface area (Å²) in [4.78, 5) is 30.3. The van der Waals surface area contributed by atoms with Crippen LogP contribution in [-0.2, 0) is 6.42 Å². The predicted molar refractivity (Wildman–Crippen MR) is 132 cm³/mol. The van der Waals surface area contributed by atoms with Gasteiger partial charge in [0, 0.05) is 29.6 Å². The maximum absolute atomic E-state index is 12.9. The third-order valence-electron chi connectivity index (χ3n) is 6.84. The van der Waals surface area contributed by atoms with Gasteiger partial charge in [0.05, 0.1) is 24.4 Å². The summed E-state index contributed by atoms with van der Waals surface area (Å²) in [5, 5.41) is 22.0. The number of aryl methyl sites for hydroxylation is 1. The van der Waals surface area contributed by atoms with Gasteiger partial charge in [-0.2, -0.15) is 5.10 Å². The molecule has 4 aromatic rings. The highest BCUT2D eigenvalue weighted by molar-refractivity contribution is 5.82. The summed E-state index contributed by atoms with van der Waals surface area (Å²) in [6, 6.07) is 13.3. The van der Waals surface area contributed by atoms with Gasteiger partial charge in [0.2, 0.25) is 0 Å². The van der Waals surface area contributed by atoms with Crippen molar-refractivity contribution in [1.82, 2.24) is 25.4 Å². The van der Waals surface area contributed by atoms with Gasteiger partial charge in [0.15, 0.2) is 0 Å². The maximum atomic E-state index is 12.9. The number of hydrogen-bond acceptors (Lipinski definition) is 4. The summed E-state index contributed by atoms with van der Waals surface area (Å²) in [6.45, 7) is 3.01. The zero-order valence-electron chi connectivity index (χ0n) is 19.2. The Bertz CT molecular complexity index is 1380. The summed E-state index contributed by atoms with van der Waals surface area (Å²) < 4.78 is 0. The van der Waals surface area contributed by atoms with Crippen LogP contribution in [0.3, 0.4) is 0 Å². The van der Waals surface area contributed by atoms with Crippen molar-refractivity contribution in [3.8, 4) is 0 Å². The van der Waals surface area contributed by atoms with Crippen LogP contribution in [0.5, 0.6) is 0 Å². The van der Waals surface area contributed by atoms with Crippen LogP contribution in [0, 0.1) is 6.92 Å². The normalized spacial score (nSPS) is 15.6. The minimum atomic E-state index is -0.377. The van der Waals surface area contributed by atoms with E-state index >= 15 is 0 Å². The fourth-order valence-corrected chi connectivity index (χ4v) is 5.00. The number of fused-ring (bicyclic) bond motifs is 2. The molecule has 0 saturated carbocycles. The molecule has 34 heavy (non-hydrogen) atoms. The molecule has 2 aromatic heterocycles. The number of aliphatic hydroxyl groups is 1. The topological polar surface area (TPSA) is 114 Å². The Labute approximate surface area is 197 Å². The van der Waals surface area contributed by atoms with Crippen LogP contribution >= 0.6 is 0 Å². The second-order valence-electron chi connectivity index (χ2n) is 9.18. The van der Waals surface area contributed by atoms with E-state index in [1.54, 1.807) is 11.1 Å². The number of aliphatic hydroxyl groups excluding tert-OH is 1. The average Bonchev–Trinajstić information content (AvgIpc) is 3.32. The summed E-state index contributed by atoms with van der Waals surface area (Å²) in [5.41, 5.74) is 4.70. The largest absolute Gasteiger partial charge is 0.394 e. The molecule has 2 amide bonds. The highest BCUT2D eigenvalue weighted by Gasteiger charge is 2.27. The van der Waals surface area contributed by atoms with E-state index in [1.807, 2.05) is 43.3 Å². The maximum Gasteiger partial charge on any atom is 0.317 e. The van der Waals surface area contributed by atoms with Gasteiger partial charge in [-0.1, -0.05) is 24.3 Å². The molecule has 1 atom stereocenters. The van der Waals surface area contributed by atoms with E-state index in [9.17, 15) is 14.7 Å². The Hall–Kier alpha value is -3.65. The fraction of sp³-hybridized carbons (Fsp3) is 0.346. The van der Waals surface area contributed by atoms with Crippen LogP contribution in [0.1, 0.15) is 35.4 Å². The third-order valence-corrected chi connectivity index (χ3v) is 6.84. The summed E-state index contributed by atoms with van der Waals surface area (Å²) in [5.74, 6) is 0.121. The fourth-order valence-electron chi connectivity index (χ4n) is 5.00. The number of aromatic nitrogens is 3. The van der Waals surface area contributed by atoms with Gasteiger partial charge < -0.3 is 20.3 Å². The van der Waals surface area contributed by atoms with Crippen LogP contribution in [0.15, 0.2) is 53.5 Å². The van der Waals surface area contributed by atoms with E-state index in [4.69, 9.17) is 0 Å². The van der Waals surface area contributed by atoms with E-state index in [0.717, 1.165) is 51.3 Å². The number of amides is 2. The lowest BCUT2D eigenvalue weighted by molar-refractivity contribution is 0.168. The minimum Gasteiger partial charge on any atom is -0.394 e. The molecule has 0 bridgehead atoms. The molecule has 1 saturated heterocycles. The summed E-state index contributed by atoms with van der Waals surface area (Å²) in [7, 11) is 0. The lowest BCUT2D eigenvalue weighted by atomic mass is 9.89. The van der Waals surface area contributed by atoms with E-state index in [-0.39, 0.29) is 30.2 Å². The van der Waals surface area contributed by atoms with Crippen LogP contribution < -0.4 is 10.9 Å². The molecule has 4 N–H and O–H groups in total. The monoisotopic (exact) mass is 459 g/mol.